The Morgan fingerprint density at radius 2 is 2.24 bits per heavy atom. The van der Waals surface area contributed by atoms with Crippen molar-refractivity contribution in [2.24, 2.45) is 0 Å². The summed E-state index contributed by atoms with van der Waals surface area (Å²) in [6.45, 7) is 1.19. The molecule has 0 fully saturated rings. The predicted octanol–water partition coefficient (Wildman–Crippen LogP) is 2.34. The number of halogens is 3. The lowest BCUT2D eigenvalue weighted by Crippen LogP contribution is -2.37. The molecule has 17 heavy (non-hydrogen) atoms. The molecule has 1 aromatic rings. The van der Waals surface area contributed by atoms with Crippen molar-refractivity contribution in [2.75, 3.05) is 19.0 Å². The Morgan fingerprint density at radius 3 is 2.76 bits per heavy atom. The predicted molar refractivity (Wildman–Crippen MR) is 61.6 cm³/mol. The largest absolute Gasteiger partial charge is 0.330 e. The normalized spacial score (nSPS) is 10.6. The summed E-state index contributed by atoms with van der Waals surface area (Å²) in [6, 6.07) is 4.90. The highest BCUT2D eigenvalue weighted by atomic mass is 35.5. The highest BCUT2D eigenvalue weighted by Crippen LogP contribution is 2.06. The zero-order chi connectivity index (χ0) is 12.8. The van der Waals surface area contributed by atoms with Crippen molar-refractivity contribution < 1.29 is 13.6 Å². The lowest BCUT2D eigenvalue weighted by molar-refractivity contribution is 0.0566. The number of aryl methyl sites for hydroxylation is 1. The van der Waals surface area contributed by atoms with E-state index in [1.165, 1.54) is 6.07 Å². The van der Waals surface area contributed by atoms with E-state index in [9.17, 15) is 13.6 Å². The van der Waals surface area contributed by atoms with E-state index in [0.717, 1.165) is 4.90 Å². The first kappa shape index (κ1) is 13.8. The van der Waals surface area contributed by atoms with Crippen LogP contribution >= 0.6 is 11.6 Å². The monoisotopic (exact) mass is 262 g/mol. The number of carbonyl (C=O) groups is 1. The Bertz CT molecular complexity index is 387. The second kappa shape index (κ2) is 6.49. The molecule has 1 amide bonds. The number of alkyl halides is 3. The van der Waals surface area contributed by atoms with Gasteiger partial charge in [0, 0.05) is 18.1 Å². The molecule has 1 aromatic heterocycles. The summed E-state index contributed by atoms with van der Waals surface area (Å²) in [4.78, 5) is 16.9. The first-order valence-corrected chi connectivity index (χ1v) is 5.65. The van der Waals surface area contributed by atoms with Crippen LogP contribution in [0.1, 0.15) is 16.2 Å². The van der Waals surface area contributed by atoms with Crippen LogP contribution in [0, 0.1) is 6.92 Å². The molecule has 0 bridgehead atoms. The van der Waals surface area contributed by atoms with Gasteiger partial charge in [0.2, 0.25) is 0 Å². The van der Waals surface area contributed by atoms with Crippen LogP contribution in [0.3, 0.4) is 0 Å². The quantitative estimate of drug-likeness (QED) is 0.763. The van der Waals surface area contributed by atoms with Crippen molar-refractivity contribution >= 4 is 17.5 Å². The standard InChI is InChI=1S/C11H13ClF2N2O/c1-8-3-2-4-9(15-8)11(17)16(6-5-12)7-10(13)14/h2-4,10H,5-7H2,1H3. The summed E-state index contributed by atoms with van der Waals surface area (Å²) in [5, 5.41) is 0. The number of hydrogen-bond donors (Lipinski definition) is 0. The maximum atomic E-state index is 12.3. The fourth-order valence-electron chi connectivity index (χ4n) is 1.37. The van der Waals surface area contributed by atoms with Crippen molar-refractivity contribution in [3.63, 3.8) is 0 Å². The Hall–Kier alpha value is -1.23. The van der Waals surface area contributed by atoms with E-state index in [1.54, 1.807) is 19.1 Å². The molecule has 1 rings (SSSR count). The number of pyridine rings is 1. The van der Waals surface area contributed by atoms with Crippen LogP contribution in [0.2, 0.25) is 0 Å². The molecule has 0 radical (unpaired) electrons. The maximum Gasteiger partial charge on any atom is 0.272 e. The summed E-state index contributed by atoms with van der Waals surface area (Å²) in [5.74, 6) is -0.403. The minimum absolute atomic E-state index is 0.0837. The van der Waals surface area contributed by atoms with Crippen molar-refractivity contribution in [1.82, 2.24) is 9.88 Å². The van der Waals surface area contributed by atoms with Gasteiger partial charge in [0.1, 0.15) is 5.69 Å². The highest BCUT2D eigenvalue weighted by molar-refractivity contribution is 6.18. The van der Waals surface area contributed by atoms with Crippen LogP contribution in [0.15, 0.2) is 18.2 Å². The lowest BCUT2D eigenvalue weighted by Gasteiger charge is -2.20. The first-order valence-electron chi connectivity index (χ1n) is 5.11. The van der Waals surface area contributed by atoms with Crippen molar-refractivity contribution in [2.45, 2.75) is 13.3 Å². The van der Waals surface area contributed by atoms with E-state index >= 15 is 0 Å². The molecule has 94 valence electrons. The van der Waals surface area contributed by atoms with Gasteiger partial charge in [0.15, 0.2) is 0 Å². The van der Waals surface area contributed by atoms with Crippen molar-refractivity contribution in [3.8, 4) is 0 Å². The molecule has 3 nitrogen and oxygen atoms in total. The SMILES string of the molecule is Cc1cccc(C(=O)N(CCCl)CC(F)F)n1. The summed E-state index contributed by atoms with van der Waals surface area (Å²) in [5.41, 5.74) is 0.828. The van der Waals surface area contributed by atoms with Crippen molar-refractivity contribution in [3.05, 3.63) is 29.6 Å². The fourth-order valence-corrected chi connectivity index (χ4v) is 1.57. The Labute approximate surface area is 103 Å². The molecule has 0 aliphatic rings. The van der Waals surface area contributed by atoms with Gasteiger partial charge in [-0.2, -0.15) is 0 Å². The molecule has 0 spiro atoms. The number of nitrogens with zero attached hydrogens (tertiary/aromatic N) is 2. The van der Waals surface area contributed by atoms with Crippen molar-refractivity contribution in [1.29, 1.82) is 0 Å². The van der Waals surface area contributed by atoms with E-state index in [2.05, 4.69) is 4.98 Å². The minimum atomic E-state index is -2.58. The van der Waals surface area contributed by atoms with Crippen LogP contribution in [-0.2, 0) is 0 Å². The van der Waals surface area contributed by atoms with Gasteiger partial charge in [-0.15, -0.1) is 11.6 Å². The first-order chi connectivity index (χ1) is 8.04. The summed E-state index contributed by atoms with van der Waals surface area (Å²) >= 11 is 5.48. The molecule has 6 heteroatoms. The summed E-state index contributed by atoms with van der Waals surface area (Å²) in [6.07, 6.45) is -2.58. The Balaban J connectivity index is 2.83. The van der Waals surface area contributed by atoms with Gasteiger partial charge in [-0.25, -0.2) is 13.8 Å². The zero-order valence-electron chi connectivity index (χ0n) is 9.37. The molecule has 0 saturated heterocycles. The molecular formula is C11H13ClF2N2O. The topological polar surface area (TPSA) is 33.2 Å². The molecule has 0 aliphatic carbocycles. The number of amides is 1. The van der Waals surface area contributed by atoms with Gasteiger partial charge < -0.3 is 4.90 Å². The van der Waals surface area contributed by atoms with E-state index in [1.807, 2.05) is 0 Å². The molecule has 0 aromatic carbocycles. The number of carbonyl (C=O) groups excluding carboxylic acids is 1. The van der Waals surface area contributed by atoms with Gasteiger partial charge in [0.25, 0.3) is 12.3 Å². The molecule has 0 N–H and O–H groups in total. The third-order valence-corrected chi connectivity index (χ3v) is 2.28. The molecule has 0 atom stereocenters. The number of hydrogen-bond acceptors (Lipinski definition) is 2. The van der Waals surface area contributed by atoms with Crippen LogP contribution in [-0.4, -0.2) is 41.2 Å². The zero-order valence-corrected chi connectivity index (χ0v) is 10.1. The number of aromatic nitrogens is 1. The van der Waals surface area contributed by atoms with Crippen LogP contribution in [0.4, 0.5) is 8.78 Å². The average molecular weight is 263 g/mol. The third kappa shape index (κ3) is 4.26. The van der Waals surface area contributed by atoms with Gasteiger partial charge in [-0.05, 0) is 19.1 Å². The molecule has 0 aliphatic heterocycles. The lowest BCUT2D eigenvalue weighted by atomic mass is 10.3. The Morgan fingerprint density at radius 1 is 1.53 bits per heavy atom. The summed E-state index contributed by atoms with van der Waals surface area (Å²) < 4.78 is 24.6. The van der Waals surface area contributed by atoms with Gasteiger partial charge in [0.05, 0.1) is 6.54 Å². The smallest absolute Gasteiger partial charge is 0.272 e. The summed E-state index contributed by atoms with van der Waals surface area (Å²) in [7, 11) is 0. The molecule has 0 saturated carbocycles. The average Bonchev–Trinajstić information content (AvgIpc) is 2.27. The van der Waals surface area contributed by atoms with Crippen LogP contribution < -0.4 is 0 Å². The van der Waals surface area contributed by atoms with Gasteiger partial charge in [-0.1, -0.05) is 6.07 Å². The van der Waals surface area contributed by atoms with E-state index in [0.29, 0.717) is 5.69 Å². The highest BCUT2D eigenvalue weighted by Gasteiger charge is 2.20. The number of rotatable bonds is 5. The Kier molecular flexibility index (Phi) is 5.28. The third-order valence-electron chi connectivity index (χ3n) is 2.11. The fraction of sp³-hybridized carbons (Fsp3) is 0.455. The maximum absolute atomic E-state index is 12.3. The minimum Gasteiger partial charge on any atom is -0.330 e. The molecule has 0 unspecified atom stereocenters. The van der Waals surface area contributed by atoms with Crippen LogP contribution in [0.5, 0.6) is 0 Å². The van der Waals surface area contributed by atoms with Gasteiger partial charge in [-0.3, -0.25) is 4.79 Å². The van der Waals surface area contributed by atoms with E-state index < -0.39 is 18.9 Å². The van der Waals surface area contributed by atoms with Gasteiger partial charge >= 0.3 is 0 Å². The second-order valence-electron chi connectivity index (χ2n) is 3.50. The van der Waals surface area contributed by atoms with E-state index in [4.69, 9.17) is 11.6 Å². The van der Waals surface area contributed by atoms with E-state index in [-0.39, 0.29) is 18.1 Å². The molecular weight excluding hydrogens is 250 g/mol. The second-order valence-corrected chi connectivity index (χ2v) is 3.87. The molecule has 1 heterocycles. The van der Waals surface area contributed by atoms with Crippen LogP contribution in [0.25, 0.3) is 0 Å².